The fourth-order valence-electron chi connectivity index (χ4n) is 2.86. The quantitative estimate of drug-likeness (QED) is 0.663. The van der Waals surface area contributed by atoms with Crippen LogP contribution in [0.15, 0.2) is 17.0 Å². The van der Waals surface area contributed by atoms with Gasteiger partial charge in [0.15, 0.2) is 0 Å². The van der Waals surface area contributed by atoms with Gasteiger partial charge in [-0.15, -0.1) is 0 Å². The number of thiocyanates is 1. The zero-order chi connectivity index (χ0) is 16.1. The van der Waals surface area contributed by atoms with E-state index in [1.165, 1.54) is 0 Å². The van der Waals surface area contributed by atoms with E-state index in [4.69, 9.17) is 10.00 Å². The van der Waals surface area contributed by atoms with Gasteiger partial charge < -0.3 is 10.1 Å². The molecular weight excluding hydrogens is 296 g/mol. The van der Waals surface area contributed by atoms with Gasteiger partial charge in [0.2, 0.25) is 5.91 Å². The highest BCUT2D eigenvalue weighted by Crippen LogP contribution is 2.31. The van der Waals surface area contributed by atoms with E-state index in [1.54, 1.807) is 0 Å². The third-order valence-corrected chi connectivity index (χ3v) is 4.72. The Morgan fingerprint density at radius 3 is 2.50 bits per heavy atom. The van der Waals surface area contributed by atoms with Gasteiger partial charge in [0.25, 0.3) is 0 Å². The molecule has 22 heavy (non-hydrogen) atoms. The second-order valence-electron chi connectivity index (χ2n) is 5.48. The maximum atomic E-state index is 12.5. The highest BCUT2D eigenvalue weighted by molar-refractivity contribution is 8.03. The molecule has 0 saturated carbocycles. The van der Waals surface area contributed by atoms with E-state index >= 15 is 0 Å². The summed E-state index contributed by atoms with van der Waals surface area (Å²) in [6, 6.07) is 3.99. The highest BCUT2D eigenvalue weighted by Gasteiger charge is 2.31. The van der Waals surface area contributed by atoms with E-state index in [-0.39, 0.29) is 17.9 Å². The molecule has 4 nitrogen and oxygen atoms in total. The molecule has 1 amide bonds. The van der Waals surface area contributed by atoms with E-state index in [2.05, 4.69) is 24.6 Å². The van der Waals surface area contributed by atoms with Crippen LogP contribution in [-0.2, 0) is 22.4 Å². The van der Waals surface area contributed by atoms with E-state index < -0.39 is 0 Å². The zero-order valence-corrected chi connectivity index (χ0v) is 14.1. The molecule has 5 heteroatoms. The van der Waals surface area contributed by atoms with Crippen molar-refractivity contribution < 1.29 is 9.53 Å². The number of nitrogens with one attached hydrogen (secondary N) is 1. The van der Waals surface area contributed by atoms with Crippen LogP contribution >= 0.6 is 11.8 Å². The molecule has 1 aliphatic rings. The molecule has 0 spiro atoms. The molecule has 0 aliphatic carbocycles. The lowest BCUT2D eigenvalue weighted by atomic mass is 9.99. The molecule has 1 fully saturated rings. The Bertz CT molecular complexity index is 570. The van der Waals surface area contributed by atoms with Crippen LogP contribution in [0.4, 0.5) is 5.69 Å². The topological polar surface area (TPSA) is 62.1 Å². The van der Waals surface area contributed by atoms with Crippen LogP contribution in [0, 0.1) is 16.6 Å². The second-order valence-corrected chi connectivity index (χ2v) is 6.34. The number of hydrogen-bond donors (Lipinski definition) is 1. The number of amides is 1. The first-order valence-corrected chi connectivity index (χ1v) is 8.56. The van der Waals surface area contributed by atoms with Crippen LogP contribution in [0.3, 0.4) is 0 Å². The fraction of sp³-hybridized carbons (Fsp3) is 0.529. The average molecular weight is 318 g/mol. The van der Waals surface area contributed by atoms with Crippen molar-refractivity contribution in [1.29, 1.82) is 5.26 Å². The normalized spacial score (nSPS) is 20.6. The van der Waals surface area contributed by atoms with Crippen LogP contribution < -0.4 is 5.32 Å². The third-order valence-electron chi connectivity index (χ3n) is 4.16. The summed E-state index contributed by atoms with van der Waals surface area (Å²) in [6.45, 7) is 6.72. The molecule has 0 aromatic heterocycles. The molecule has 1 aromatic carbocycles. The lowest BCUT2D eigenvalue weighted by Gasteiger charge is -2.19. The van der Waals surface area contributed by atoms with Crippen LogP contribution in [0.25, 0.3) is 0 Å². The minimum Gasteiger partial charge on any atom is -0.378 e. The molecule has 0 radical (unpaired) electrons. The Hall–Kier alpha value is -1.51. The molecule has 1 heterocycles. The van der Waals surface area contributed by atoms with Crippen LogP contribution in [0.5, 0.6) is 0 Å². The predicted octanol–water partition coefficient (Wildman–Crippen LogP) is 3.75. The largest absolute Gasteiger partial charge is 0.378 e. The predicted molar refractivity (Wildman–Crippen MR) is 88.8 cm³/mol. The smallest absolute Gasteiger partial charge is 0.230 e. The monoisotopic (exact) mass is 318 g/mol. The lowest BCUT2D eigenvalue weighted by molar-refractivity contribution is -0.121. The van der Waals surface area contributed by atoms with Gasteiger partial charge in [-0.2, -0.15) is 5.26 Å². The van der Waals surface area contributed by atoms with Crippen molar-refractivity contribution in [2.45, 2.75) is 51.0 Å². The first kappa shape index (κ1) is 16.9. The minimum absolute atomic E-state index is 0.0245. The summed E-state index contributed by atoms with van der Waals surface area (Å²) in [5.74, 6) is -0.0438. The number of nitriles is 1. The Kier molecular flexibility index (Phi) is 5.87. The average Bonchev–Trinajstić information content (AvgIpc) is 2.94. The number of nitrogens with zero attached hydrogens (tertiary/aromatic N) is 1. The van der Waals surface area contributed by atoms with Gasteiger partial charge >= 0.3 is 0 Å². The highest BCUT2D eigenvalue weighted by atomic mass is 32.2. The maximum Gasteiger partial charge on any atom is 0.230 e. The van der Waals surface area contributed by atoms with Gasteiger partial charge in [-0.3, -0.25) is 4.79 Å². The van der Waals surface area contributed by atoms with Crippen LogP contribution in [0.2, 0.25) is 0 Å². The van der Waals surface area contributed by atoms with Crippen molar-refractivity contribution >= 4 is 23.4 Å². The summed E-state index contributed by atoms with van der Waals surface area (Å²) < 4.78 is 5.49. The summed E-state index contributed by atoms with van der Waals surface area (Å²) in [5, 5.41) is 14.1. The van der Waals surface area contributed by atoms with Gasteiger partial charge in [-0.25, -0.2) is 0 Å². The number of carbonyl (C=O) groups excluding carboxylic acids is 1. The van der Waals surface area contributed by atoms with Crippen molar-refractivity contribution in [3.8, 4) is 5.40 Å². The maximum absolute atomic E-state index is 12.5. The molecular formula is C17H22N2O2S. The summed E-state index contributed by atoms with van der Waals surface area (Å²) in [6.07, 6.45) is 2.39. The summed E-state index contributed by atoms with van der Waals surface area (Å²) >= 11 is 1.16. The zero-order valence-electron chi connectivity index (χ0n) is 13.3. The van der Waals surface area contributed by atoms with Gasteiger partial charge in [0.05, 0.1) is 12.0 Å². The Labute approximate surface area is 136 Å². The van der Waals surface area contributed by atoms with Gasteiger partial charge in [-0.1, -0.05) is 13.8 Å². The molecule has 0 unspecified atom stereocenters. The number of benzene rings is 1. The third kappa shape index (κ3) is 3.63. The van der Waals surface area contributed by atoms with Crippen molar-refractivity contribution in [3.63, 3.8) is 0 Å². The standard InChI is InChI=1S/C17H22N2O2S/c1-4-12-8-14(22-10-18)9-13(5-2)16(12)19-17(20)15-6-7-21-11(15)3/h8-9,11,15H,4-7H2,1-3H3,(H,19,20)/t11-,15+/m0/s1. The number of carbonyl (C=O) groups is 1. The van der Waals surface area contributed by atoms with E-state index in [9.17, 15) is 4.79 Å². The second kappa shape index (κ2) is 7.66. The summed E-state index contributed by atoms with van der Waals surface area (Å²) in [7, 11) is 0. The first-order chi connectivity index (χ1) is 10.6. The van der Waals surface area contributed by atoms with Crippen molar-refractivity contribution in [1.82, 2.24) is 0 Å². The number of ether oxygens (including phenoxy) is 1. The van der Waals surface area contributed by atoms with Crippen molar-refractivity contribution in [3.05, 3.63) is 23.3 Å². The van der Waals surface area contributed by atoms with Gasteiger partial charge in [0, 0.05) is 17.2 Å². The lowest BCUT2D eigenvalue weighted by Crippen LogP contribution is -2.28. The summed E-state index contributed by atoms with van der Waals surface area (Å²) in [4.78, 5) is 13.5. The molecule has 0 bridgehead atoms. The number of thioether (sulfide) groups is 1. The molecule has 2 rings (SSSR count). The Morgan fingerprint density at radius 1 is 1.41 bits per heavy atom. The fourth-order valence-corrected chi connectivity index (χ4v) is 3.37. The van der Waals surface area contributed by atoms with Crippen molar-refractivity contribution in [2.75, 3.05) is 11.9 Å². The number of aryl methyl sites for hydroxylation is 2. The molecule has 1 N–H and O–H groups in total. The Morgan fingerprint density at radius 2 is 2.05 bits per heavy atom. The number of anilines is 1. The summed E-state index contributed by atoms with van der Waals surface area (Å²) in [5.41, 5.74) is 3.07. The van der Waals surface area contributed by atoms with Crippen LogP contribution in [0.1, 0.15) is 38.3 Å². The molecule has 1 aromatic rings. The van der Waals surface area contributed by atoms with E-state index in [0.29, 0.717) is 6.61 Å². The van der Waals surface area contributed by atoms with E-state index in [1.807, 2.05) is 19.1 Å². The van der Waals surface area contributed by atoms with E-state index in [0.717, 1.165) is 52.7 Å². The molecule has 1 saturated heterocycles. The molecule has 1 aliphatic heterocycles. The van der Waals surface area contributed by atoms with Gasteiger partial charge in [-0.05, 0) is 61.2 Å². The number of rotatable bonds is 5. The SMILES string of the molecule is CCc1cc(SC#N)cc(CC)c1NC(=O)[C@@H]1CCO[C@H]1C. The molecule has 2 atom stereocenters. The number of hydrogen-bond acceptors (Lipinski definition) is 4. The first-order valence-electron chi connectivity index (χ1n) is 7.74. The van der Waals surface area contributed by atoms with Crippen molar-refractivity contribution in [2.24, 2.45) is 5.92 Å². The van der Waals surface area contributed by atoms with Gasteiger partial charge in [0.1, 0.15) is 5.40 Å². The minimum atomic E-state index is -0.0810. The molecule has 118 valence electrons. The van der Waals surface area contributed by atoms with Crippen LogP contribution in [-0.4, -0.2) is 18.6 Å². The Balaban J connectivity index is 2.29.